The average Bonchev–Trinajstić information content (AvgIpc) is 2.90. The average molecular weight is 290 g/mol. The Morgan fingerprint density at radius 2 is 1.85 bits per heavy atom. The van der Waals surface area contributed by atoms with Gasteiger partial charge in [-0.2, -0.15) is 0 Å². The standard InChI is InChI=1S/C15H18N2O2S/c1-2-18-13-7-3-4-8-14(13)19-11-10-17-9-5-6-12(17)15(16)20/h3-9H,2,10-11H2,1H3,(H2,16,20). The van der Waals surface area contributed by atoms with E-state index >= 15 is 0 Å². The van der Waals surface area contributed by atoms with Crippen LogP contribution in [0.15, 0.2) is 42.6 Å². The Kier molecular flexibility index (Phi) is 5.01. The summed E-state index contributed by atoms with van der Waals surface area (Å²) in [6.45, 7) is 3.77. The van der Waals surface area contributed by atoms with E-state index < -0.39 is 0 Å². The van der Waals surface area contributed by atoms with Gasteiger partial charge in [-0.1, -0.05) is 24.4 Å². The van der Waals surface area contributed by atoms with E-state index in [1.165, 1.54) is 0 Å². The molecule has 0 saturated heterocycles. The first-order chi connectivity index (χ1) is 9.72. The van der Waals surface area contributed by atoms with Crippen molar-refractivity contribution >= 4 is 17.2 Å². The van der Waals surface area contributed by atoms with Crippen molar-refractivity contribution in [3.05, 3.63) is 48.3 Å². The molecule has 20 heavy (non-hydrogen) atoms. The highest BCUT2D eigenvalue weighted by Gasteiger charge is 2.05. The summed E-state index contributed by atoms with van der Waals surface area (Å²) < 4.78 is 13.3. The molecule has 0 spiro atoms. The number of hydrogen-bond acceptors (Lipinski definition) is 3. The summed E-state index contributed by atoms with van der Waals surface area (Å²) in [5.74, 6) is 1.51. The third kappa shape index (κ3) is 3.51. The first kappa shape index (κ1) is 14.4. The Morgan fingerprint density at radius 3 is 2.50 bits per heavy atom. The van der Waals surface area contributed by atoms with Crippen LogP contribution in [-0.2, 0) is 6.54 Å². The minimum Gasteiger partial charge on any atom is -0.490 e. The number of hydrogen-bond donors (Lipinski definition) is 1. The smallest absolute Gasteiger partial charge is 0.161 e. The van der Waals surface area contributed by atoms with Crippen LogP contribution < -0.4 is 15.2 Å². The maximum atomic E-state index is 5.77. The van der Waals surface area contributed by atoms with E-state index in [-0.39, 0.29) is 0 Å². The Morgan fingerprint density at radius 1 is 1.15 bits per heavy atom. The topological polar surface area (TPSA) is 49.4 Å². The van der Waals surface area contributed by atoms with Crippen molar-refractivity contribution in [2.75, 3.05) is 13.2 Å². The van der Waals surface area contributed by atoms with Crippen molar-refractivity contribution in [1.82, 2.24) is 4.57 Å². The molecule has 2 N–H and O–H groups in total. The molecule has 0 radical (unpaired) electrons. The maximum Gasteiger partial charge on any atom is 0.161 e. The maximum absolute atomic E-state index is 5.77. The van der Waals surface area contributed by atoms with E-state index in [9.17, 15) is 0 Å². The fourth-order valence-electron chi connectivity index (χ4n) is 1.93. The van der Waals surface area contributed by atoms with Crippen molar-refractivity contribution in [2.45, 2.75) is 13.5 Å². The van der Waals surface area contributed by atoms with E-state index in [1.807, 2.05) is 54.1 Å². The summed E-state index contributed by atoms with van der Waals surface area (Å²) >= 11 is 5.00. The van der Waals surface area contributed by atoms with Gasteiger partial charge in [-0.15, -0.1) is 0 Å². The van der Waals surface area contributed by atoms with E-state index in [4.69, 9.17) is 27.4 Å². The summed E-state index contributed by atoms with van der Waals surface area (Å²) in [5, 5.41) is 0. The predicted octanol–water partition coefficient (Wildman–Crippen LogP) is 2.60. The summed E-state index contributed by atoms with van der Waals surface area (Å²) in [7, 11) is 0. The molecule has 0 atom stereocenters. The van der Waals surface area contributed by atoms with Crippen LogP contribution in [-0.4, -0.2) is 22.8 Å². The number of ether oxygens (including phenoxy) is 2. The molecule has 0 saturated carbocycles. The monoisotopic (exact) mass is 290 g/mol. The Hall–Kier alpha value is -2.01. The van der Waals surface area contributed by atoms with Gasteiger partial charge in [0.05, 0.1) is 18.8 Å². The van der Waals surface area contributed by atoms with Crippen LogP contribution in [0.4, 0.5) is 0 Å². The van der Waals surface area contributed by atoms with Gasteiger partial charge in [0.1, 0.15) is 11.6 Å². The van der Waals surface area contributed by atoms with Gasteiger partial charge in [-0.25, -0.2) is 0 Å². The molecule has 1 aromatic heterocycles. The SMILES string of the molecule is CCOc1ccccc1OCCn1cccc1C(N)=S. The number of para-hydroxylation sites is 2. The van der Waals surface area contributed by atoms with Crippen molar-refractivity contribution in [1.29, 1.82) is 0 Å². The summed E-state index contributed by atoms with van der Waals surface area (Å²) in [4.78, 5) is 0.393. The zero-order valence-electron chi connectivity index (χ0n) is 11.4. The molecule has 0 unspecified atom stereocenters. The van der Waals surface area contributed by atoms with Gasteiger partial charge in [0, 0.05) is 6.20 Å². The second-order valence-electron chi connectivity index (χ2n) is 4.18. The Balaban J connectivity index is 1.96. The molecule has 0 aliphatic heterocycles. The number of rotatable bonds is 7. The van der Waals surface area contributed by atoms with Crippen LogP contribution in [0.25, 0.3) is 0 Å². The summed E-state index contributed by atoms with van der Waals surface area (Å²) in [6.07, 6.45) is 1.94. The lowest BCUT2D eigenvalue weighted by Crippen LogP contribution is -2.18. The minimum absolute atomic E-state index is 0.393. The van der Waals surface area contributed by atoms with Gasteiger partial charge in [0.15, 0.2) is 11.5 Å². The molecule has 0 aliphatic rings. The van der Waals surface area contributed by atoms with Gasteiger partial charge in [0.25, 0.3) is 0 Å². The van der Waals surface area contributed by atoms with E-state index in [0.29, 0.717) is 24.7 Å². The predicted molar refractivity (Wildman–Crippen MR) is 83.4 cm³/mol. The highest BCUT2D eigenvalue weighted by atomic mass is 32.1. The molecule has 0 amide bonds. The van der Waals surface area contributed by atoms with E-state index in [0.717, 1.165) is 17.2 Å². The minimum atomic E-state index is 0.393. The molecule has 1 heterocycles. The normalized spacial score (nSPS) is 10.2. The van der Waals surface area contributed by atoms with Gasteiger partial charge in [-0.3, -0.25) is 0 Å². The van der Waals surface area contributed by atoms with Gasteiger partial charge in [0.2, 0.25) is 0 Å². The highest BCUT2D eigenvalue weighted by molar-refractivity contribution is 7.80. The molecule has 2 rings (SSSR count). The number of nitrogens with two attached hydrogens (primary N) is 1. The molecule has 5 heteroatoms. The first-order valence-electron chi connectivity index (χ1n) is 6.52. The van der Waals surface area contributed by atoms with Gasteiger partial charge < -0.3 is 19.8 Å². The number of benzene rings is 1. The lowest BCUT2D eigenvalue weighted by atomic mass is 10.3. The quantitative estimate of drug-likeness (QED) is 0.796. The highest BCUT2D eigenvalue weighted by Crippen LogP contribution is 2.26. The molecule has 106 valence electrons. The second kappa shape index (κ2) is 6.96. The third-order valence-corrected chi connectivity index (χ3v) is 3.03. The molecule has 0 bridgehead atoms. The molecule has 1 aromatic carbocycles. The van der Waals surface area contributed by atoms with E-state index in [1.54, 1.807) is 0 Å². The van der Waals surface area contributed by atoms with Gasteiger partial charge in [-0.05, 0) is 31.2 Å². The molecular weight excluding hydrogens is 272 g/mol. The molecule has 2 aromatic rings. The largest absolute Gasteiger partial charge is 0.490 e. The van der Waals surface area contributed by atoms with Crippen molar-refractivity contribution in [3.63, 3.8) is 0 Å². The number of thiocarbonyl (C=S) groups is 1. The molecule has 0 aliphatic carbocycles. The van der Waals surface area contributed by atoms with Crippen molar-refractivity contribution in [2.24, 2.45) is 5.73 Å². The van der Waals surface area contributed by atoms with Crippen LogP contribution in [0.3, 0.4) is 0 Å². The summed E-state index contributed by atoms with van der Waals surface area (Å²) in [5.41, 5.74) is 6.50. The van der Waals surface area contributed by atoms with Crippen LogP contribution in [0.2, 0.25) is 0 Å². The molecule has 4 nitrogen and oxygen atoms in total. The van der Waals surface area contributed by atoms with Crippen LogP contribution in [0.5, 0.6) is 11.5 Å². The third-order valence-electron chi connectivity index (χ3n) is 2.82. The first-order valence-corrected chi connectivity index (χ1v) is 6.92. The Labute approximate surface area is 124 Å². The Bertz CT molecular complexity index is 581. The van der Waals surface area contributed by atoms with Crippen LogP contribution >= 0.6 is 12.2 Å². The lowest BCUT2D eigenvalue weighted by molar-refractivity contribution is 0.266. The van der Waals surface area contributed by atoms with Gasteiger partial charge >= 0.3 is 0 Å². The van der Waals surface area contributed by atoms with Crippen LogP contribution in [0, 0.1) is 0 Å². The molecule has 0 fully saturated rings. The van der Waals surface area contributed by atoms with Crippen molar-refractivity contribution in [3.8, 4) is 11.5 Å². The zero-order chi connectivity index (χ0) is 14.4. The van der Waals surface area contributed by atoms with E-state index in [2.05, 4.69) is 0 Å². The van der Waals surface area contributed by atoms with Crippen molar-refractivity contribution < 1.29 is 9.47 Å². The lowest BCUT2D eigenvalue weighted by Gasteiger charge is -2.13. The fraction of sp³-hybridized carbons (Fsp3) is 0.267. The number of nitrogens with zero attached hydrogens (tertiary/aromatic N) is 1. The molecular formula is C15H18N2O2S. The zero-order valence-corrected chi connectivity index (χ0v) is 12.2. The fourth-order valence-corrected chi connectivity index (χ4v) is 2.12. The summed E-state index contributed by atoms with van der Waals surface area (Å²) in [6, 6.07) is 11.5. The second-order valence-corrected chi connectivity index (χ2v) is 4.62. The number of aromatic nitrogens is 1. The van der Waals surface area contributed by atoms with Crippen LogP contribution in [0.1, 0.15) is 12.6 Å².